The number of aromatic carboxylic acids is 1. The predicted octanol–water partition coefficient (Wildman–Crippen LogP) is 3.30. The van der Waals surface area contributed by atoms with E-state index in [0.29, 0.717) is 17.0 Å². The number of hydrogen-bond donors (Lipinski definition) is 2. The third kappa shape index (κ3) is 3.73. The van der Waals surface area contributed by atoms with Gasteiger partial charge in [-0.25, -0.2) is 4.79 Å². The number of carboxylic acid groups (broad SMARTS) is 1. The van der Waals surface area contributed by atoms with Gasteiger partial charge in [0.05, 0.1) is 12.7 Å². The minimum Gasteiger partial charge on any atom is -0.497 e. The zero-order valence-corrected chi connectivity index (χ0v) is 11.8. The summed E-state index contributed by atoms with van der Waals surface area (Å²) in [6, 6.07) is 10.7. The summed E-state index contributed by atoms with van der Waals surface area (Å²) in [6.45, 7) is 0. The zero-order chi connectivity index (χ0) is 15.4. The summed E-state index contributed by atoms with van der Waals surface area (Å²) in [5, 5.41) is 11.8. The lowest BCUT2D eigenvalue weighted by atomic mass is 10.1. The lowest BCUT2D eigenvalue weighted by molar-refractivity contribution is 0.0696. The van der Waals surface area contributed by atoms with E-state index in [4.69, 9.17) is 21.4 Å². The standard InChI is InChI=1S/C15H12ClNO4/c1-21-13-4-2-3-9(7-13)14(18)17-12-6-10(15(19)20)5-11(16)8-12/h2-8H,1H3,(H,17,18)(H,19,20). The Labute approximate surface area is 126 Å². The van der Waals surface area contributed by atoms with Gasteiger partial charge >= 0.3 is 5.97 Å². The Kier molecular flexibility index (Phi) is 4.45. The molecule has 0 bridgehead atoms. The zero-order valence-electron chi connectivity index (χ0n) is 11.1. The molecule has 5 nitrogen and oxygen atoms in total. The molecular formula is C15H12ClNO4. The number of carboxylic acids is 1. The molecule has 0 spiro atoms. The van der Waals surface area contributed by atoms with Crippen LogP contribution in [0, 0.1) is 0 Å². The Bertz CT molecular complexity index is 700. The summed E-state index contributed by atoms with van der Waals surface area (Å²) in [5.41, 5.74) is 0.711. The lowest BCUT2D eigenvalue weighted by Gasteiger charge is -2.08. The second kappa shape index (κ2) is 6.28. The number of anilines is 1. The molecule has 0 unspecified atom stereocenters. The van der Waals surface area contributed by atoms with Crippen molar-refractivity contribution in [3.8, 4) is 5.75 Å². The Hall–Kier alpha value is -2.53. The number of halogens is 1. The first-order valence-electron chi connectivity index (χ1n) is 5.99. The van der Waals surface area contributed by atoms with Crippen LogP contribution in [0.4, 0.5) is 5.69 Å². The van der Waals surface area contributed by atoms with Gasteiger partial charge in [-0.15, -0.1) is 0 Å². The average Bonchev–Trinajstić information content (AvgIpc) is 2.46. The molecule has 108 valence electrons. The van der Waals surface area contributed by atoms with E-state index in [-0.39, 0.29) is 16.5 Å². The highest BCUT2D eigenvalue weighted by atomic mass is 35.5. The van der Waals surface area contributed by atoms with Crippen LogP contribution in [0.3, 0.4) is 0 Å². The number of ether oxygens (including phenoxy) is 1. The van der Waals surface area contributed by atoms with Crippen molar-refractivity contribution in [2.75, 3.05) is 12.4 Å². The van der Waals surface area contributed by atoms with Gasteiger partial charge in [0.25, 0.3) is 5.91 Å². The maximum absolute atomic E-state index is 12.1. The number of methoxy groups -OCH3 is 1. The minimum absolute atomic E-state index is 0.00319. The fraction of sp³-hybridized carbons (Fsp3) is 0.0667. The van der Waals surface area contributed by atoms with Crippen LogP contribution in [0.2, 0.25) is 5.02 Å². The number of amides is 1. The van der Waals surface area contributed by atoms with Crippen LogP contribution in [0.15, 0.2) is 42.5 Å². The highest BCUT2D eigenvalue weighted by Crippen LogP contribution is 2.20. The molecule has 2 aromatic carbocycles. The van der Waals surface area contributed by atoms with E-state index in [1.165, 1.54) is 25.3 Å². The maximum Gasteiger partial charge on any atom is 0.335 e. The quantitative estimate of drug-likeness (QED) is 0.908. The molecule has 0 aliphatic heterocycles. The van der Waals surface area contributed by atoms with Gasteiger partial charge in [0.2, 0.25) is 0 Å². The molecule has 1 amide bonds. The predicted molar refractivity (Wildman–Crippen MR) is 79.4 cm³/mol. The van der Waals surface area contributed by atoms with Crippen LogP contribution in [-0.4, -0.2) is 24.1 Å². The molecule has 0 aliphatic carbocycles. The van der Waals surface area contributed by atoms with E-state index < -0.39 is 5.97 Å². The van der Waals surface area contributed by atoms with E-state index in [1.807, 2.05) is 0 Å². The van der Waals surface area contributed by atoms with Crippen LogP contribution >= 0.6 is 11.6 Å². The van der Waals surface area contributed by atoms with Crippen molar-refractivity contribution in [3.63, 3.8) is 0 Å². The number of carbonyl (C=O) groups is 2. The van der Waals surface area contributed by atoms with Gasteiger partial charge < -0.3 is 15.2 Å². The van der Waals surface area contributed by atoms with Gasteiger partial charge in [-0.2, -0.15) is 0 Å². The Balaban J connectivity index is 2.24. The average molecular weight is 306 g/mol. The molecule has 0 radical (unpaired) electrons. The van der Waals surface area contributed by atoms with E-state index in [1.54, 1.807) is 24.3 Å². The van der Waals surface area contributed by atoms with Crippen molar-refractivity contribution >= 4 is 29.2 Å². The van der Waals surface area contributed by atoms with Crippen molar-refractivity contribution in [2.24, 2.45) is 0 Å². The van der Waals surface area contributed by atoms with E-state index in [9.17, 15) is 9.59 Å². The van der Waals surface area contributed by atoms with Crippen molar-refractivity contribution in [1.82, 2.24) is 0 Å². The molecule has 0 saturated carbocycles. The summed E-state index contributed by atoms with van der Waals surface area (Å²) in [7, 11) is 1.51. The van der Waals surface area contributed by atoms with Crippen LogP contribution in [-0.2, 0) is 0 Å². The number of benzene rings is 2. The number of carbonyl (C=O) groups excluding carboxylic acids is 1. The molecule has 0 fully saturated rings. The molecule has 0 atom stereocenters. The van der Waals surface area contributed by atoms with Gasteiger partial charge in [0.1, 0.15) is 5.75 Å². The lowest BCUT2D eigenvalue weighted by Crippen LogP contribution is -2.12. The third-order valence-corrected chi connectivity index (χ3v) is 2.95. The van der Waals surface area contributed by atoms with Crippen molar-refractivity contribution in [2.45, 2.75) is 0 Å². The summed E-state index contributed by atoms with van der Waals surface area (Å²) in [6.07, 6.45) is 0. The molecule has 2 aromatic rings. The Morgan fingerprint density at radius 2 is 1.90 bits per heavy atom. The van der Waals surface area contributed by atoms with Gasteiger partial charge in [0, 0.05) is 16.3 Å². The van der Waals surface area contributed by atoms with E-state index in [0.717, 1.165) is 0 Å². The number of nitrogens with one attached hydrogen (secondary N) is 1. The largest absolute Gasteiger partial charge is 0.497 e. The molecule has 0 aliphatic rings. The smallest absolute Gasteiger partial charge is 0.335 e. The fourth-order valence-corrected chi connectivity index (χ4v) is 1.99. The van der Waals surface area contributed by atoms with Gasteiger partial charge in [-0.1, -0.05) is 17.7 Å². The Morgan fingerprint density at radius 1 is 1.14 bits per heavy atom. The normalized spacial score (nSPS) is 10.0. The molecule has 6 heteroatoms. The third-order valence-electron chi connectivity index (χ3n) is 2.73. The topological polar surface area (TPSA) is 75.6 Å². The molecule has 21 heavy (non-hydrogen) atoms. The highest BCUT2D eigenvalue weighted by molar-refractivity contribution is 6.31. The second-order valence-electron chi connectivity index (χ2n) is 4.22. The second-order valence-corrected chi connectivity index (χ2v) is 4.66. The van der Waals surface area contributed by atoms with Crippen molar-refractivity contribution < 1.29 is 19.4 Å². The SMILES string of the molecule is COc1cccc(C(=O)Nc2cc(Cl)cc(C(=O)O)c2)c1. The van der Waals surface area contributed by atoms with Gasteiger partial charge in [-0.3, -0.25) is 4.79 Å². The van der Waals surface area contributed by atoms with Gasteiger partial charge in [0.15, 0.2) is 0 Å². The first-order valence-corrected chi connectivity index (χ1v) is 6.36. The summed E-state index contributed by atoms with van der Waals surface area (Å²) in [5.74, 6) is -0.943. The van der Waals surface area contributed by atoms with Crippen LogP contribution in [0.1, 0.15) is 20.7 Å². The molecule has 2 N–H and O–H groups in total. The Morgan fingerprint density at radius 3 is 2.57 bits per heavy atom. The first-order chi connectivity index (χ1) is 9.99. The summed E-state index contributed by atoms with van der Waals surface area (Å²) < 4.78 is 5.05. The highest BCUT2D eigenvalue weighted by Gasteiger charge is 2.10. The minimum atomic E-state index is -1.12. The summed E-state index contributed by atoms with van der Waals surface area (Å²) >= 11 is 5.84. The molecule has 0 aromatic heterocycles. The van der Waals surface area contributed by atoms with E-state index >= 15 is 0 Å². The molecule has 0 saturated heterocycles. The molecule has 0 heterocycles. The van der Waals surface area contributed by atoms with Gasteiger partial charge in [-0.05, 0) is 36.4 Å². The van der Waals surface area contributed by atoms with Crippen LogP contribution in [0.5, 0.6) is 5.75 Å². The molecule has 2 rings (SSSR count). The molecular weight excluding hydrogens is 294 g/mol. The van der Waals surface area contributed by atoms with Crippen LogP contribution < -0.4 is 10.1 Å². The summed E-state index contributed by atoms with van der Waals surface area (Å²) in [4.78, 5) is 23.1. The monoisotopic (exact) mass is 305 g/mol. The first kappa shape index (κ1) is 14.9. The fourth-order valence-electron chi connectivity index (χ4n) is 1.75. The van der Waals surface area contributed by atoms with Crippen molar-refractivity contribution in [3.05, 3.63) is 58.6 Å². The number of rotatable bonds is 4. The maximum atomic E-state index is 12.1. The van der Waals surface area contributed by atoms with Crippen molar-refractivity contribution in [1.29, 1.82) is 0 Å². The van der Waals surface area contributed by atoms with Crippen LogP contribution in [0.25, 0.3) is 0 Å². The van der Waals surface area contributed by atoms with E-state index in [2.05, 4.69) is 5.32 Å². The number of hydrogen-bond acceptors (Lipinski definition) is 3.